The minimum atomic E-state index is -2.91. The number of rotatable bonds is 3. The van der Waals surface area contributed by atoms with Crippen LogP contribution in [-0.4, -0.2) is 28.9 Å². The number of carboxylic acids is 1. The first-order valence-corrected chi connectivity index (χ1v) is 5.18. The predicted molar refractivity (Wildman–Crippen MR) is 50.0 cm³/mol. The van der Waals surface area contributed by atoms with Crippen molar-refractivity contribution in [2.75, 3.05) is 0 Å². The Balaban J connectivity index is 1.81. The van der Waals surface area contributed by atoms with Crippen LogP contribution in [0.4, 0.5) is 8.78 Å². The molecule has 2 aliphatic rings. The Morgan fingerprint density at radius 3 is 2.25 bits per heavy atom. The molecule has 0 spiro atoms. The normalized spacial score (nSPS) is 39.7. The van der Waals surface area contributed by atoms with Crippen LogP contribution in [0.2, 0.25) is 0 Å². The molecule has 1 unspecified atom stereocenters. The molecule has 0 radical (unpaired) electrons. The highest BCUT2D eigenvalue weighted by atomic mass is 19.3. The summed E-state index contributed by atoms with van der Waals surface area (Å²) in [6.07, 6.45) is 0.256. The summed E-state index contributed by atoms with van der Waals surface area (Å²) < 4.78 is 25.7. The van der Waals surface area contributed by atoms with E-state index in [1.807, 2.05) is 0 Å². The molecule has 2 fully saturated rings. The molecule has 2 rings (SSSR count). The van der Waals surface area contributed by atoms with Crippen molar-refractivity contribution in [2.24, 2.45) is 11.3 Å². The molecular formula is C10H13F2NO3. The average molecular weight is 233 g/mol. The summed E-state index contributed by atoms with van der Waals surface area (Å²) in [4.78, 5) is 22.0. The van der Waals surface area contributed by atoms with Crippen molar-refractivity contribution in [3.8, 4) is 0 Å². The molecule has 0 saturated heterocycles. The molecular weight excluding hydrogens is 220 g/mol. The first-order valence-electron chi connectivity index (χ1n) is 5.18. The van der Waals surface area contributed by atoms with E-state index in [0.29, 0.717) is 12.8 Å². The van der Waals surface area contributed by atoms with E-state index in [9.17, 15) is 18.4 Å². The van der Waals surface area contributed by atoms with E-state index in [-0.39, 0.29) is 6.04 Å². The zero-order valence-electron chi connectivity index (χ0n) is 8.80. The Morgan fingerprint density at radius 1 is 1.38 bits per heavy atom. The van der Waals surface area contributed by atoms with Crippen molar-refractivity contribution < 1.29 is 23.5 Å². The highest BCUT2D eigenvalue weighted by Crippen LogP contribution is 2.60. The lowest BCUT2D eigenvalue weighted by molar-refractivity contribution is -0.146. The molecule has 0 aromatic carbocycles. The number of carbonyl (C=O) groups is 2. The number of nitrogens with one attached hydrogen (secondary N) is 1. The summed E-state index contributed by atoms with van der Waals surface area (Å²) >= 11 is 0. The summed E-state index contributed by atoms with van der Waals surface area (Å²) in [5.74, 6) is -4.91. The van der Waals surface area contributed by atoms with Gasteiger partial charge in [-0.05, 0) is 19.8 Å². The summed E-state index contributed by atoms with van der Waals surface area (Å²) in [6, 6.07) is -0.262. The molecule has 16 heavy (non-hydrogen) atoms. The van der Waals surface area contributed by atoms with Crippen molar-refractivity contribution in [1.29, 1.82) is 0 Å². The van der Waals surface area contributed by atoms with Crippen LogP contribution in [0.3, 0.4) is 0 Å². The van der Waals surface area contributed by atoms with Crippen LogP contribution >= 0.6 is 0 Å². The molecule has 90 valence electrons. The van der Waals surface area contributed by atoms with Crippen LogP contribution < -0.4 is 5.32 Å². The van der Waals surface area contributed by atoms with Gasteiger partial charge in [-0.3, -0.25) is 9.59 Å². The number of carboxylic acid groups (broad SMARTS) is 1. The molecule has 2 saturated carbocycles. The van der Waals surface area contributed by atoms with Gasteiger partial charge in [0.15, 0.2) is 0 Å². The van der Waals surface area contributed by atoms with Gasteiger partial charge in [0.2, 0.25) is 5.91 Å². The van der Waals surface area contributed by atoms with Crippen molar-refractivity contribution in [3.63, 3.8) is 0 Å². The van der Waals surface area contributed by atoms with Gasteiger partial charge in [0.05, 0.1) is 5.92 Å². The zero-order valence-corrected chi connectivity index (χ0v) is 8.80. The maximum absolute atomic E-state index is 12.9. The fourth-order valence-electron chi connectivity index (χ4n) is 1.93. The summed E-state index contributed by atoms with van der Waals surface area (Å²) in [5, 5.41) is 11.1. The molecule has 0 heterocycles. The van der Waals surface area contributed by atoms with E-state index in [2.05, 4.69) is 5.32 Å². The van der Waals surface area contributed by atoms with E-state index in [0.717, 1.165) is 0 Å². The Hall–Kier alpha value is -1.20. The fourth-order valence-corrected chi connectivity index (χ4v) is 1.93. The quantitative estimate of drug-likeness (QED) is 0.764. The Bertz CT molecular complexity index is 352. The smallest absolute Gasteiger partial charge is 0.306 e. The predicted octanol–water partition coefficient (Wildman–Crippen LogP) is 1.01. The number of hydrogen-bond donors (Lipinski definition) is 2. The standard InChI is InChI=1S/C10H13F2NO3/c1-9(4-10(9,11)12)8(16)13-6-2-5(3-6)7(14)15/h5-6H,2-4H2,1H3,(H,13,16)(H,14,15). The van der Waals surface area contributed by atoms with Gasteiger partial charge in [0, 0.05) is 12.5 Å². The largest absolute Gasteiger partial charge is 0.481 e. The summed E-state index contributed by atoms with van der Waals surface area (Å²) in [6.45, 7) is 1.23. The van der Waals surface area contributed by atoms with E-state index in [1.165, 1.54) is 6.92 Å². The van der Waals surface area contributed by atoms with Gasteiger partial charge in [-0.1, -0.05) is 0 Å². The minimum Gasteiger partial charge on any atom is -0.481 e. The number of alkyl halides is 2. The van der Waals surface area contributed by atoms with Gasteiger partial charge >= 0.3 is 5.97 Å². The highest BCUT2D eigenvalue weighted by Gasteiger charge is 2.72. The number of carbonyl (C=O) groups excluding carboxylic acids is 1. The van der Waals surface area contributed by atoms with Crippen LogP contribution in [0.5, 0.6) is 0 Å². The molecule has 4 nitrogen and oxygen atoms in total. The maximum Gasteiger partial charge on any atom is 0.306 e. The lowest BCUT2D eigenvalue weighted by Gasteiger charge is -2.33. The molecule has 2 aliphatic carbocycles. The molecule has 0 aromatic rings. The number of amides is 1. The fraction of sp³-hybridized carbons (Fsp3) is 0.800. The van der Waals surface area contributed by atoms with Crippen LogP contribution in [0.25, 0.3) is 0 Å². The SMILES string of the molecule is CC1(C(=O)NC2CC(C(=O)O)C2)CC1(F)F. The summed E-state index contributed by atoms with van der Waals surface area (Å²) in [7, 11) is 0. The van der Waals surface area contributed by atoms with Crippen molar-refractivity contribution in [3.05, 3.63) is 0 Å². The van der Waals surface area contributed by atoms with E-state index < -0.39 is 35.6 Å². The zero-order chi connectivity index (χ0) is 12.1. The third-order valence-electron chi connectivity index (χ3n) is 3.58. The van der Waals surface area contributed by atoms with Crippen molar-refractivity contribution in [1.82, 2.24) is 5.32 Å². The second kappa shape index (κ2) is 3.15. The van der Waals surface area contributed by atoms with Gasteiger partial charge in [-0.25, -0.2) is 8.78 Å². The Morgan fingerprint density at radius 2 is 1.88 bits per heavy atom. The number of aliphatic carboxylic acids is 1. The summed E-state index contributed by atoms with van der Waals surface area (Å²) in [5.41, 5.74) is -1.58. The Kier molecular flexibility index (Phi) is 2.22. The molecule has 0 aromatic heterocycles. The van der Waals surface area contributed by atoms with E-state index in [1.54, 1.807) is 0 Å². The Labute approximate surface area is 91.0 Å². The molecule has 6 heteroatoms. The first-order chi connectivity index (χ1) is 7.26. The first kappa shape index (κ1) is 11.3. The van der Waals surface area contributed by atoms with Crippen LogP contribution in [-0.2, 0) is 9.59 Å². The van der Waals surface area contributed by atoms with Gasteiger partial charge in [-0.2, -0.15) is 0 Å². The molecule has 1 amide bonds. The van der Waals surface area contributed by atoms with Gasteiger partial charge in [0.25, 0.3) is 5.92 Å². The third kappa shape index (κ3) is 1.56. The van der Waals surface area contributed by atoms with Crippen LogP contribution in [0.1, 0.15) is 26.2 Å². The number of halogens is 2. The monoisotopic (exact) mass is 233 g/mol. The van der Waals surface area contributed by atoms with Gasteiger partial charge in [-0.15, -0.1) is 0 Å². The van der Waals surface area contributed by atoms with Crippen LogP contribution in [0.15, 0.2) is 0 Å². The maximum atomic E-state index is 12.9. The number of hydrogen-bond acceptors (Lipinski definition) is 2. The topological polar surface area (TPSA) is 66.4 Å². The van der Waals surface area contributed by atoms with Gasteiger partial charge in [0.1, 0.15) is 5.41 Å². The second-order valence-corrected chi connectivity index (χ2v) is 4.89. The third-order valence-corrected chi connectivity index (χ3v) is 3.58. The second-order valence-electron chi connectivity index (χ2n) is 4.89. The van der Waals surface area contributed by atoms with Crippen molar-refractivity contribution in [2.45, 2.75) is 38.2 Å². The lowest BCUT2D eigenvalue weighted by atomic mass is 9.80. The average Bonchev–Trinajstić information content (AvgIpc) is 2.58. The highest BCUT2D eigenvalue weighted by molar-refractivity contribution is 5.87. The van der Waals surface area contributed by atoms with Crippen LogP contribution in [0, 0.1) is 11.3 Å². The molecule has 0 aliphatic heterocycles. The minimum absolute atomic E-state index is 0.262. The van der Waals surface area contributed by atoms with E-state index >= 15 is 0 Å². The lowest BCUT2D eigenvalue weighted by Crippen LogP contribution is -2.49. The molecule has 2 N–H and O–H groups in total. The molecule has 1 atom stereocenters. The molecule has 0 bridgehead atoms. The van der Waals surface area contributed by atoms with E-state index in [4.69, 9.17) is 5.11 Å². The van der Waals surface area contributed by atoms with Gasteiger partial charge < -0.3 is 10.4 Å². The van der Waals surface area contributed by atoms with Crippen molar-refractivity contribution >= 4 is 11.9 Å².